The van der Waals surface area contributed by atoms with Crippen LogP contribution in [-0.2, 0) is 4.74 Å². The van der Waals surface area contributed by atoms with Gasteiger partial charge in [-0.1, -0.05) is 50.6 Å². The first-order valence-corrected chi connectivity index (χ1v) is 8.54. The van der Waals surface area contributed by atoms with Gasteiger partial charge in [0.25, 0.3) is 0 Å². The van der Waals surface area contributed by atoms with E-state index in [2.05, 4.69) is 17.6 Å². The van der Waals surface area contributed by atoms with Gasteiger partial charge in [0.1, 0.15) is 0 Å². The number of nitrogens with zero attached hydrogens (tertiary/aromatic N) is 1. The molecule has 22 heavy (non-hydrogen) atoms. The van der Waals surface area contributed by atoms with Crippen molar-refractivity contribution in [3.05, 3.63) is 0 Å². The molecule has 0 heterocycles. The van der Waals surface area contributed by atoms with Crippen LogP contribution in [0.5, 0.6) is 0 Å². The lowest BCUT2D eigenvalue weighted by Crippen LogP contribution is -2.47. The molecule has 0 radical (unpaired) electrons. The summed E-state index contributed by atoms with van der Waals surface area (Å²) in [6.45, 7) is 3.65. The maximum absolute atomic E-state index is 11.5. The first-order chi connectivity index (χ1) is 10.4. The van der Waals surface area contributed by atoms with E-state index in [1.165, 1.54) is 19.3 Å². The Labute approximate surface area is 139 Å². The van der Waals surface area contributed by atoms with E-state index in [-0.39, 0.29) is 0 Å². The van der Waals surface area contributed by atoms with Crippen LogP contribution in [0.4, 0.5) is 9.59 Å². The smallest absolute Gasteiger partial charge is 0.415 e. The van der Waals surface area contributed by atoms with Crippen LogP contribution in [0.2, 0.25) is 0 Å². The number of unbranched alkanes of at least 4 members (excludes halogenated alkanes) is 5. The van der Waals surface area contributed by atoms with Crippen molar-refractivity contribution in [3.8, 4) is 0 Å². The fourth-order valence-corrected chi connectivity index (χ4v) is 1.87. The molecular formula is C15H31ClN3O3+. The van der Waals surface area contributed by atoms with Crippen LogP contribution in [0.1, 0.15) is 45.4 Å². The first kappa shape index (κ1) is 21.0. The molecule has 0 bridgehead atoms. The number of likely N-dealkylation sites (N-methyl/N-ethyl adjacent to an activating group) is 1. The lowest BCUT2D eigenvalue weighted by atomic mass is 10.1. The highest BCUT2D eigenvalue weighted by Gasteiger charge is 2.14. The number of carbonyl (C=O) groups is 2. The van der Waals surface area contributed by atoms with E-state index in [1.807, 2.05) is 14.1 Å². The van der Waals surface area contributed by atoms with Crippen molar-refractivity contribution < 1.29 is 18.8 Å². The molecule has 7 heteroatoms. The van der Waals surface area contributed by atoms with Crippen molar-refractivity contribution in [1.82, 2.24) is 10.6 Å². The van der Waals surface area contributed by atoms with Crippen LogP contribution in [0.25, 0.3) is 0 Å². The van der Waals surface area contributed by atoms with Crippen molar-refractivity contribution in [2.24, 2.45) is 0 Å². The van der Waals surface area contributed by atoms with Crippen LogP contribution in [0, 0.1) is 0 Å². The minimum absolute atomic E-state index is 0.349. The van der Waals surface area contributed by atoms with Gasteiger partial charge in [0, 0.05) is 0 Å². The standard InChI is InChI=1S/C15H30ClN3O3/c1-4-5-6-7-8-9-12-22-15(21)18-14(20)17-10-11-19(2,3)13-16/h4-13H2,1-3H3,(H-,17,18,20,21)/p+1. The van der Waals surface area contributed by atoms with E-state index in [4.69, 9.17) is 16.3 Å². The minimum Gasteiger partial charge on any atom is -0.449 e. The summed E-state index contributed by atoms with van der Waals surface area (Å²) in [5.74, 6) is 0. The average molecular weight is 337 g/mol. The highest BCUT2D eigenvalue weighted by atomic mass is 35.5. The topological polar surface area (TPSA) is 67.4 Å². The first-order valence-electron chi connectivity index (χ1n) is 8.01. The Morgan fingerprint density at radius 2 is 1.73 bits per heavy atom. The number of carbonyl (C=O) groups excluding carboxylic acids is 2. The summed E-state index contributed by atoms with van der Waals surface area (Å²) in [7, 11) is 3.92. The molecule has 0 aliphatic carbocycles. The summed E-state index contributed by atoms with van der Waals surface area (Å²) in [4.78, 5) is 22.9. The van der Waals surface area contributed by atoms with Crippen LogP contribution in [0.3, 0.4) is 0 Å². The summed E-state index contributed by atoms with van der Waals surface area (Å²) in [6, 6.07) is -0.0774. The van der Waals surface area contributed by atoms with Gasteiger partial charge in [0.2, 0.25) is 0 Å². The van der Waals surface area contributed by atoms with E-state index in [9.17, 15) is 9.59 Å². The number of quaternary nitrogens is 1. The lowest BCUT2D eigenvalue weighted by molar-refractivity contribution is -0.877. The average Bonchev–Trinajstić information content (AvgIpc) is 2.46. The lowest BCUT2D eigenvalue weighted by Gasteiger charge is -2.26. The Morgan fingerprint density at radius 1 is 1.09 bits per heavy atom. The van der Waals surface area contributed by atoms with Crippen LogP contribution in [-0.4, -0.2) is 56.4 Å². The third kappa shape index (κ3) is 12.7. The summed E-state index contributed by atoms with van der Waals surface area (Å²) >= 11 is 5.77. The zero-order valence-corrected chi connectivity index (χ0v) is 14.9. The molecule has 0 aliphatic rings. The maximum atomic E-state index is 11.5. The number of halogens is 1. The Hall–Kier alpha value is -1.01. The van der Waals surface area contributed by atoms with E-state index in [0.29, 0.717) is 30.2 Å². The Kier molecular flexibility index (Phi) is 12.0. The number of hydrogen-bond acceptors (Lipinski definition) is 3. The van der Waals surface area contributed by atoms with Crippen molar-refractivity contribution >= 4 is 23.7 Å². The van der Waals surface area contributed by atoms with Gasteiger partial charge in [-0.25, -0.2) is 14.9 Å². The number of alkyl carbamates (subject to hydrolysis) is 1. The van der Waals surface area contributed by atoms with Crippen molar-refractivity contribution in [1.29, 1.82) is 0 Å². The third-order valence-corrected chi connectivity index (χ3v) is 3.92. The number of rotatable bonds is 11. The van der Waals surface area contributed by atoms with Crippen molar-refractivity contribution in [2.45, 2.75) is 45.4 Å². The number of ether oxygens (including phenoxy) is 1. The fraction of sp³-hybridized carbons (Fsp3) is 0.867. The molecular weight excluding hydrogens is 306 g/mol. The quantitative estimate of drug-likeness (QED) is 0.264. The maximum Gasteiger partial charge on any atom is 0.415 e. The van der Waals surface area contributed by atoms with E-state index in [1.54, 1.807) is 0 Å². The molecule has 0 aromatic rings. The molecule has 0 spiro atoms. The second-order valence-corrected chi connectivity index (χ2v) is 6.30. The van der Waals surface area contributed by atoms with Gasteiger partial charge in [0.05, 0.1) is 33.8 Å². The molecule has 0 rings (SSSR count). The molecule has 0 aromatic heterocycles. The highest BCUT2D eigenvalue weighted by molar-refractivity contribution is 6.16. The zero-order valence-electron chi connectivity index (χ0n) is 14.1. The van der Waals surface area contributed by atoms with Gasteiger partial charge in [-0.3, -0.25) is 0 Å². The largest absolute Gasteiger partial charge is 0.449 e. The molecule has 6 nitrogen and oxygen atoms in total. The molecule has 0 unspecified atom stereocenters. The van der Waals surface area contributed by atoms with Crippen molar-refractivity contribution in [2.75, 3.05) is 39.8 Å². The molecule has 0 atom stereocenters. The highest BCUT2D eigenvalue weighted by Crippen LogP contribution is 2.04. The molecule has 130 valence electrons. The number of imide groups is 1. The second kappa shape index (κ2) is 12.5. The number of nitrogens with one attached hydrogen (secondary N) is 2. The van der Waals surface area contributed by atoms with E-state index in [0.717, 1.165) is 19.3 Å². The number of amides is 3. The molecule has 0 saturated carbocycles. The number of alkyl halides is 1. The summed E-state index contributed by atoms with van der Waals surface area (Å²) < 4.78 is 5.54. The Morgan fingerprint density at radius 3 is 2.36 bits per heavy atom. The molecule has 0 saturated heterocycles. The SMILES string of the molecule is CCCCCCCCOC(=O)NC(=O)NCC[N+](C)(C)CCl. The fourth-order valence-electron chi connectivity index (χ4n) is 1.75. The minimum atomic E-state index is -0.697. The molecule has 3 amide bonds. The Bertz CT molecular complexity index is 325. The predicted molar refractivity (Wildman–Crippen MR) is 89.0 cm³/mol. The van der Waals surface area contributed by atoms with Gasteiger partial charge < -0.3 is 14.5 Å². The van der Waals surface area contributed by atoms with E-state index < -0.39 is 12.1 Å². The van der Waals surface area contributed by atoms with Crippen molar-refractivity contribution in [3.63, 3.8) is 0 Å². The predicted octanol–water partition coefficient (Wildman–Crippen LogP) is 3.06. The molecule has 0 fully saturated rings. The van der Waals surface area contributed by atoms with Gasteiger partial charge in [-0.05, 0) is 6.42 Å². The number of hydrogen-bond donors (Lipinski definition) is 2. The van der Waals surface area contributed by atoms with E-state index >= 15 is 0 Å². The molecule has 0 aromatic carbocycles. The van der Waals surface area contributed by atoms with Crippen LogP contribution < -0.4 is 10.6 Å². The van der Waals surface area contributed by atoms with Gasteiger partial charge in [0.15, 0.2) is 6.00 Å². The monoisotopic (exact) mass is 336 g/mol. The summed E-state index contributed by atoms with van der Waals surface area (Å²) in [6.07, 6.45) is 6.04. The normalized spacial score (nSPS) is 11.1. The number of urea groups is 1. The van der Waals surface area contributed by atoms with Gasteiger partial charge in [-0.2, -0.15) is 0 Å². The summed E-state index contributed by atoms with van der Waals surface area (Å²) in [5, 5.41) is 4.75. The van der Waals surface area contributed by atoms with Crippen LogP contribution in [0.15, 0.2) is 0 Å². The second-order valence-electron chi connectivity index (χ2n) is 6.06. The van der Waals surface area contributed by atoms with Gasteiger partial charge >= 0.3 is 12.1 Å². The Balaban J connectivity index is 3.56. The third-order valence-electron chi connectivity index (χ3n) is 3.27. The summed E-state index contributed by atoms with van der Waals surface area (Å²) in [5.41, 5.74) is 0. The van der Waals surface area contributed by atoms with Crippen LogP contribution >= 0.6 is 11.6 Å². The molecule has 0 aliphatic heterocycles. The molecule has 2 N–H and O–H groups in total. The zero-order chi connectivity index (χ0) is 16.8. The van der Waals surface area contributed by atoms with Gasteiger partial charge in [-0.15, -0.1) is 0 Å².